The summed E-state index contributed by atoms with van der Waals surface area (Å²) in [6, 6.07) is 14.5. The molecule has 0 radical (unpaired) electrons. The van der Waals surface area contributed by atoms with Crippen molar-refractivity contribution in [2.45, 2.75) is 13.8 Å². The highest BCUT2D eigenvalue weighted by molar-refractivity contribution is 6.04. The van der Waals surface area contributed by atoms with Gasteiger partial charge in [-0.1, -0.05) is 18.2 Å². The fraction of sp³-hybridized carbons (Fsp3) is 0.235. The molecule has 21 heavy (non-hydrogen) atoms. The summed E-state index contributed by atoms with van der Waals surface area (Å²) in [4.78, 5) is 12.1. The normalized spacial score (nSPS) is 10.0. The van der Waals surface area contributed by atoms with Crippen LogP contribution in [0.15, 0.2) is 48.5 Å². The van der Waals surface area contributed by atoms with Gasteiger partial charge < -0.3 is 14.8 Å². The van der Waals surface area contributed by atoms with Crippen LogP contribution in [0.1, 0.15) is 24.2 Å². The first kappa shape index (κ1) is 14.9. The third-order valence-electron chi connectivity index (χ3n) is 2.84. The van der Waals surface area contributed by atoms with E-state index in [0.29, 0.717) is 36.0 Å². The maximum absolute atomic E-state index is 12.1. The van der Waals surface area contributed by atoms with Gasteiger partial charge in [-0.2, -0.15) is 0 Å². The molecule has 0 aliphatic rings. The minimum Gasteiger partial charge on any atom is -0.490 e. The number of hydrogen-bond donors (Lipinski definition) is 1. The second kappa shape index (κ2) is 7.33. The summed E-state index contributed by atoms with van der Waals surface area (Å²) in [5.41, 5.74) is 1.29. The molecule has 0 unspecified atom stereocenters. The number of amides is 1. The monoisotopic (exact) mass is 285 g/mol. The van der Waals surface area contributed by atoms with Gasteiger partial charge in [-0.3, -0.25) is 4.79 Å². The maximum atomic E-state index is 12.1. The van der Waals surface area contributed by atoms with Crippen molar-refractivity contribution in [2.75, 3.05) is 18.5 Å². The van der Waals surface area contributed by atoms with Crippen LogP contribution in [0.25, 0.3) is 0 Å². The fourth-order valence-electron chi connectivity index (χ4n) is 1.92. The number of anilines is 1. The van der Waals surface area contributed by atoms with Crippen molar-refractivity contribution in [3.05, 3.63) is 54.1 Å². The molecule has 4 heteroatoms. The van der Waals surface area contributed by atoms with Crippen molar-refractivity contribution >= 4 is 11.6 Å². The molecule has 0 aromatic heterocycles. The smallest absolute Gasteiger partial charge is 0.255 e. The molecule has 0 saturated heterocycles. The number of ether oxygens (including phenoxy) is 2. The van der Waals surface area contributed by atoms with Gasteiger partial charge in [-0.25, -0.2) is 0 Å². The van der Waals surface area contributed by atoms with Gasteiger partial charge in [0.25, 0.3) is 5.91 Å². The molecular weight excluding hydrogens is 266 g/mol. The van der Waals surface area contributed by atoms with Crippen LogP contribution in [-0.4, -0.2) is 19.1 Å². The van der Waals surface area contributed by atoms with Crippen molar-refractivity contribution in [3.8, 4) is 11.5 Å². The van der Waals surface area contributed by atoms with E-state index in [1.807, 2.05) is 32.0 Å². The maximum Gasteiger partial charge on any atom is 0.255 e. The van der Waals surface area contributed by atoms with Gasteiger partial charge in [0.15, 0.2) is 11.5 Å². The summed E-state index contributed by atoms with van der Waals surface area (Å²) in [5.74, 6) is 1.16. The third-order valence-corrected chi connectivity index (χ3v) is 2.84. The number of rotatable bonds is 6. The van der Waals surface area contributed by atoms with Crippen molar-refractivity contribution in [2.24, 2.45) is 0 Å². The summed E-state index contributed by atoms with van der Waals surface area (Å²) < 4.78 is 11.0. The lowest BCUT2D eigenvalue weighted by Gasteiger charge is -2.13. The van der Waals surface area contributed by atoms with E-state index in [4.69, 9.17) is 9.47 Å². The zero-order chi connectivity index (χ0) is 15.1. The first-order valence-electron chi connectivity index (χ1n) is 7.00. The van der Waals surface area contributed by atoms with Gasteiger partial charge in [0, 0.05) is 17.3 Å². The molecule has 2 rings (SSSR count). The van der Waals surface area contributed by atoms with E-state index in [-0.39, 0.29) is 5.91 Å². The molecule has 0 fully saturated rings. The van der Waals surface area contributed by atoms with Crippen LogP contribution in [0.4, 0.5) is 5.69 Å². The lowest BCUT2D eigenvalue weighted by atomic mass is 10.2. The molecular formula is C17H19NO3. The van der Waals surface area contributed by atoms with Gasteiger partial charge in [0.1, 0.15) is 0 Å². The van der Waals surface area contributed by atoms with E-state index >= 15 is 0 Å². The molecule has 0 aliphatic carbocycles. The standard InChI is InChI=1S/C17H19NO3/c1-3-20-15-11-10-14(12-16(15)21-4-2)18-17(19)13-8-6-5-7-9-13/h5-12H,3-4H2,1-2H3,(H,18,19). The zero-order valence-corrected chi connectivity index (χ0v) is 12.3. The highest BCUT2D eigenvalue weighted by Crippen LogP contribution is 2.30. The van der Waals surface area contributed by atoms with Crippen LogP contribution in [0, 0.1) is 0 Å². The van der Waals surface area contributed by atoms with Crippen LogP contribution in [-0.2, 0) is 0 Å². The van der Waals surface area contributed by atoms with E-state index < -0.39 is 0 Å². The van der Waals surface area contributed by atoms with Gasteiger partial charge in [0.2, 0.25) is 0 Å². The minimum absolute atomic E-state index is 0.151. The summed E-state index contributed by atoms with van der Waals surface area (Å²) in [7, 11) is 0. The van der Waals surface area contributed by atoms with Gasteiger partial charge in [-0.15, -0.1) is 0 Å². The Labute approximate surface area is 124 Å². The summed E-state index contributed by atoms with van der Waals surface area (Å²) >= 11 is 0. The van der Waals surface area contributed by atoms with Crippen LogP contribution in [0.5, 0.6) is 11.5 Å². The van der Waals surface area contributed by atoms with Crippen LogP contribution in [0.2, 0.25) is 0 Å². The van der Waals surface area contributed by atoms with E-state index in [0.717, 1.165) is 0 Å². The fourth-order valence-corrected chi connectivity index (χ4v) is 1.92. The van der Waals surface area contributed by atoms with E-state index in [2.05, 4.69) is 5.32 Å². The molecule has 0 atom stereocenters. The van der Waals surface area contributed by atoms with Crippen LogP contribution in [0.3, 0.4) is 0 Å². The van der Waals surface area contributed by atoms with Crippen molar-refractivity contribution in [3.63, 3.8) is 0 Å². The highest BCUT2D eigenvalue weighted by atomic mass is 16.5. The number of carbonyl (C=O) groups is 1. The summed E-state index contributed by atoms with van der Waals surface area (Å²) in [6.07, 6.45) is 0. The summed E-state index contributed by atoms with van der Waals surface area (Å²) in [5, 5.41) is 2.85. The number of carbonyl (C=O) groups excluding carboxylic acids is 1. The molecule has 1 N–H and O–H groups in total. The van der Waals surface area contributed by atoms with Crippen molar-refractivity contribution in [1.29, 1.82) is 0 Å². The molecule has 2 aromatic carbocycles. The predicted octanol–water partition coefficient (Wildman–Crippen LogP) is 3.74. The quantitative estimate of drug-likeness (QED) is 0.879. The third kappa shape index (κ3) is 3.99. The molecule has 0 heterocycles. The molecule has 110 valence electrons. The lowest BCUT2D eigenvalue weighted by Crippen LogP contribution is -2.11. The van der Waals surface area contributed by atoms with E-state index in [9.17, 15) is 4.79 Å². The number of nitrogens with one attached hydrogen (secondary N) is 1. The molecule has 4 nitrogen and oxygen atoms in total. The minimum atomic E-state index is -0.151. The largest absolute Gasteiger partial charge is 0.490 e. The Morgan fingerprint density at radius 3 is 2.29 bits per heavy atom. The lowest BCUT2D eigenvalue weighted by molar-refractivity contribution is 0.102. The molecule has 2 aromatic rings. The van der Waals surface area contributed by atoms with Gasteiger partial charge >= 0.3 is 0 Å². The highest BCUT2D eigenvalue weighted by Gasteiger charge is 2.09. The van der Waals surface area contributed by atoms with Gasteiger partial charge in [0.05, 0.1) is 13.2 Å². The molecule has 0 spiro atoms. The second-order valence-corrected chi connectivity index (χ2v) is 4.35. The predicted molar refractivity (Wildman–Crippen MR) is 83.2 cm³/mol. The molecule has 0 aliphatic heterocycles. The Morgan fingerprint density at radius 2 is 1.62 bits per heavy atom. The molecule has 0 bridgehead atoms. The SMILES string of the molecule is CCOc1ccc(NC(=O)c2ccccc2)cc1OCC. The molecule has 1 amide bonds. The van der Waals surface area contributed by atoms with Crippen LogP contribution >= 0.6 is 0 Å². The number of benzene rings is 2. The zero-order valence-electron chi connectivity index (χ0n) is 12.3. The number of hydrogen-bond acceptors (Lipinski definition) is 3. The first-order chi connectivity index (χ1) is 10.2. The second-order valence-electron chi connectivity index (χ2n) is 4.35. The Morgan fingerprint density at radius 1 is 0.952 bits per heavy atom. The van der Waals surface area contributed by atoms with Gasteiger partial charge in [-0.05, 0) is 38.1 Å². The van der Waals surface area contributed by atoms with Crippen LogP contribution < -0.4 is 14.8 Å². The van der Waals surface area contributed by atoms with Crippen molar-refractivity contribution < 1.29 is 14.3 Å². The van der Waals surface area contributed by atoms with E-state index in [1.54, 1.807) is 30.3 Å². The Balaban J connectivity index is 2.16. The first-order valence-corrected chi connectivity index (χ1v) is 7.00. The Hall–Kier alpha value is -2.49. The average molecular weight is 285 g/mol. The molecule has 0 saturated carbocycles. The Kier molecular flexibility index (Phi) is 5.21. The van der Waals surface area contributed by atoms with E-state index in [1.165, 1.54) is 0 Å². The average Bonchev–Trinajstić information content (AvgIpc) is 2.51. The Bertz CT molecular complexity index is 596. The topological polar surface area (TPSA) is 47.6 Å². The van der Waals surface area contributed by atoms with Crippen molar-refractivity contribution in [1.82, 2.24) is 0 Å². The summed E-state index contributed by atoms with van der Waals surface area (Å²) in [6.45, 7) is 4.93.